The summed E-state index contributed by atoms with van der Waals surface area (Å²) in [5, 5.41) is 9.16. The molecule has 0 atom stereocenters. The van der Waals surface area contributed by atoms with Gasteiger partial charge >= 0.3 is 0 Å². The zero-order valence-corrected chi connectivity index (χ0v) is 11.1. The van der Waals surface area contributed by atoms with Crippen molar-refractivity contribution in [2.75, 3.05) is 20.2 Å². The zero-order chi connectivity index (χ0) is 13.9. The Hall–Kier alpha value is -1.43. The van der Waals surface area contributed by atoms with E-state index in [2.05, 4.69) is 0 Å². The predicted molar refractivity (Wildman–Crippen MR) is 64.5 cm³/mol. The van der Waals surface area contributed by atoms with Gasteiger partial charge in [-0.25, -0.2) is 0 Å². The molecule has 0 radical (unpaired) electrons. The van der Waals surface area contributed by atoms with Crippen LogP contribution in [0.4, 0.5) is 0 Å². The molecule has 1 aliphatic rings. The second kappa shape index (κ2) is 5.48. The lowest BCUT2D eigenvalue weighted by Crippen LogP contribution is -2.48. The second-order valence-electron chi connectivity index (χ2n) is 5.11. The lowest BCUT2D eigenvalue weighted by Gasteiger charge is -2.34. The summed E-state index contributed by atoms with van der Waals surface area (Å²) >= 11 is 0. The van der Waals surface area contributed by atoms with Gasteiger partial charge in [-0.05, 0) is 13.8 Å². The van der Waals surface area contributed by atoms with Crippen LogP contribution in [0.1, 0.15) is 33.1 Å². The maximum atomic E-state index is 11.9. The Morgan fingerprint density at radius 2 is 1.83 bits per heavy atom. The number of rotatable bonds is 5. The third-order valence-electron chi connectivity index (χ3n) is 3.37. The van der Waals surface area contributed by atoms with Crippen molar-refractivity contribution in [3.05, 3.63) is 0 Å². The second-order valence-corrected chi connectivity index (χ2v) is 5.11. The lowest BCUT2D eigenvalue weighted by molar-refractivity contribution is -0.140. The van der Waals surface area contributed by atoms with Crippen LogP contribution in [0.15, 0.2) is 0 Å². The smallest absolute Gasteiger partial charge is 0.229 e. The SMILES string of the molecule is CN(C(=O)CCN1C(=O)CCC1=O)C(C)(C)CO. The van der Waals surface area contributed by atoms with Gasteiger partial charge in [-0.15, -0.1) is 0 Å². The minimum Gasteiger partial charge on any atom is -0.394 e. The van der Waals surface area contributed by atoms with Crippen molar-refractivity contribution in [3.63, 3.8) is 0 Å². The molecule has 102 valence electrons. The molecule has 1 saturated heterocycles. The van der Waals surface area contributed by atoms with Crippen molar-refractivity contribution in [1.29, 1.82) is 0 Å². The Kier molecular flexibility index (Phi) is 4.45. The minimum absolute atomic E-state index is 0.0947. The molecule has 1 heterocycles. The van der Waals surface area contributed by atoms with Gasteiger partial charge in [0.15, 0.2) is 0 Å². The summed E-state index contributed by atoms with van der Waals surface area (Å²) in [6.07, 6.45) is 0.577. The fourth-order valence-corrected chi connectivity index (χ4v) is 1.69. The van der Waals surface area contributed by atoms with Crippen molar-refractivity contribution in [2.24, 2.45) is 0 Å². The monoisotopic (exact) mass is 256 g/mol. The number of amides is 3. The van der Waals surface area contributed by atoms with E-state index >= 15 is 0 Å². The molecule has 6 nitrogen and oxygen atoms in total. The molecule has 0 bridgehead atoms. The van der Waals surface area contributed by atoms with Crippen LogP contribution in [0.25, 0.3) is 0 Å². The molecular formula is C12H20N2O4. The Morgan fingerprint density at radius 3 is 2.28 bits per heavy atom. The van der Waals surface area contributed by atoms with E-state index in [0.717, 1.165) is 4.90 Å². The fraction of sp³-hybridized carbons (Fsp3) is 0.750. The lowest BCUT2D eigenvalue weighted by atomic mass is 10.0. The first-order valence-corrected chi connectivity index (χ1v) is 6.00. The average molecular weight is 256 g/mol. The number of hydrogen-bond donors (Lipinski definition) is 1. The van der Waals surface area contributed by atoms with Gasteiger partial charge in [0.1, 0.15) is 0 Å². The third kappa shape index (κ3) is 3.07. The van der Waals surface area contributed by atoms with Gasteiger partial charge in [0.25, 0.3) is 0 Å². The van der Waals surface area contributed by atoms with Gasteiger partial charge < -0.3 is 10.0 Å². The largest absolute Gasteiger partial charge is 0.394 e. The van der Waals surface area contributed by atoms with Gasteiger partial charge in [0.2, 0.25) is 17.7 Å². The van der Waals surface area contributed by atoms with Gasteiger partial charge in [0, 0.05) is 32.9 Å². The van der Waals surface area contributed by atoms with Crippen molar-refractivity contribution >= 4 is 17.7 Å². The first kappa shape index (κ1) is 14.6. The summed E-state index contributed by atoms with van der Waals surface area (Å²) in [4.78, 5) is 37.2. The highest BCUT2D eigenvalue weighted by Crippen LogP contribution is 2.15. The van der Waals surface area contributed by atoms with E-state index in [-0.39, 0.29) is 50.1 Å². The maximum absolute atomic E-state index is 11.9. The van der Waals surface area contributed by atoms with Gasteiger partial charge in [-0.2, -0.15) is 0 Å². The fourth-order valence-electron chi connectivity index (χ4n) is 1.69. The number of hydrogen-bond acceptors (Lipinski definition) is 4. The van der Waals surface area contributed by atoms with Crippen molar-refractivity contribution in [3.8, 4) is 0 Å². The highest BCUT2D eigenvalue weighted by Gasteiger charge is 2.31. The van der Waals surface area contributed by atoms with Crippen LogP contribution in [0.2, 0.25) is 0 Å². The molecule has 6 heteroatoms. The molecule has 1 rings (SSSR count). The highest BCUT2D eigenvalue weighted by molar-refractivity contribution is 6.02. The zero-order valence-electron chi connectivity index (χ0n) is 11.1. The first-order valence-electron chi connectivity index (χ1n) is 6.00. The molecule has 1 fully saturated rings. The highest BCUT2D eigenvalue weighted by atomic mass is 16.3. The van der Waals surface area contributed by atoms with Crippen LogP contribution in [-0.2, 0) is 14.4 Å². The summed E-state index contributed by atoms with van der Waals surface area (Å²) in [5.41, 5.74) is -0.643. The van der Waals surface area contributed by atoms with E-state index in [9.17, 15) is 14.4 Å². The predicted octanol–water partition coefficient (Wildman–Crippen LogP) is -0.245. The molecule has 0 aromatic heterocycles. The Bertz CT molecular complexity index is 349. The molecule has 0 aliphatic carbocycles. The molecule has 0 saturated carbocycles. The average Bonchev–Trinajstić information content (AvgIpc) is 2.65. The standard InChI is InChI=1S/C12H20N2O4/c1-12(2,8-15)13(3)9(16)6-7-14-10(17)4-5-11(14)18/h15H,4-8H2,1-3H3. The third-order valence-corrected chi connectivity index (χ3v) is 3.37. The van der Waals surface area contributed by atoms with Gasteiger partial charge in [0.05, 0.1) is 12.1 Å². The van der Waals surface area contributed by atoms with E-state index in [1.165, 1.54) is 4.90 Å². The quantitative estimate of drug-likeness (QED) is 0.688. The molecule has 3 amide bonds. The Balaban J connectivity index is 2.51. The summed E-state index contributed by atoms with van der Waals surface area (Å²) in [7, 11) is 1.60. The maximum Gasteiger partial charge on any atom is 0.229 e. The number of carbonyl (C=O) groups excluding carboxylic acids is 3. The molecule has 18 heavy (non-hydrogen) atoms. The van der Waals surface area contributed by atoms with Crippen molar-refractivity contribution in [1.82, 2.24) is 9.80 Å². The van der Waals surface area contributed by atoms with Crippen LogP contribution in [0, 0.1) is 0 Å². The van der Waals surface area contributed by atoms with Crippen molar-refractivity contribution < 1.29 is 19.5 Å². The summed E-state index contributed by atoms with van der Waals surface area (Å²) < 4.78 is 0. The number of aliphatic hydroxyl groups is 1. The van der Waals surface area contributed by atoms with Gasteiger partial charge in [-0.3, -0.25) is 19.3 Å². The summed E-state index contributed by atoms with van der Waals surface area (Å²) in [5.74, 6) is -0.615. The van der Waals surface area contributed by atoms with E-state index in [4.69, 9.17) is 5.11 Å². The Morgan fingerprint density at radius 1 is 1.33 bits per heavy atom. The van der Waals surface area contributed by atoms with Crippen LogP contribution in [-0.4, -0.2) is 58.4 Å². The number of aliphatic hydroxyl groups excluding tert-OH is 1. The Labute approximate surface area is 107 Å². The van der Waals surface area contributed by atoms with Crippen LogP contribution in [0.5, 0.6) is 0 Å². The number of likely N-dealkylation sites (N-methyl/N-ethyl adjacent to an activating group) is 1. The number of nitrogens with zero attached hydrogens (tertiary/aromatic N) is 2. The topological polar surface area (TPSA) is 77.9 Å². The first-order chi connectivity index (χ1) is 8.29. The minimum atomic E-state index is -0.643. The number of imide groups is 1. The summed E-state index contributed by atoms with van der Waals surface area (Å²) in [6.45, 7) is 3.48. The molecule has 0 aromatic rings. The normalized spacial score (nSPS) is 16.3. The molecule has 1 aliphatic heterocycles. The molecule has 0 spiro atoms. The van der Waals surface area contributed by atoms with E-state index < -0.39 is 5.54 Å². The molecule has 0 unspecified atom stereocenters. The van der Waals surface area contributed by atoms with Crippen LogP contribution >= 0.6 is 0 Å². The number of likely N-dealkylation sites (tertiary alicyclic amines) is 1. The van der Waals surface area contributed by atoms with Crippen LogP contribution < -0.4 is 0 Å². The van der Waals surface area contributed by atoms with E-state index in [1.807, 2.05) is 0 Å². The summed E-state index contributed by atoms with van der Waals surface area (Å²) in [6, 6.07) is 0. The molecular weight excluding hydrogens is 236 g/mol. The molecule has 0 aromatic carbocycles. The van der Waals surface area contributed by atoms with Crippen molar-refractivity contribution in [2.45, 2.75) is 38.6 Å². The molecule has 1 N–H and O–H groups in total. The van der Waals surface area contributed by atoms with Gasteiger partial charge in [-0.1, -0.05) is 0 Å². The number of carbonyl (C=O) groups is 3. The van der Waals surface area contributed by atoms with E-state index in [1.54, 1.807) is 20.9 Å². The van der Waals surface area contributed by atoms with Crippen LogP contribution in [0.3, 0.4) is 0 Å². The van der Waals surface area contributed by atoms with E-state index in [0.29, 0.717) is 0 Å².